The lowest BCUT2D eigenvalue weighted by atomic mass is 9.82. The number of aliphatic carboxylic acids is 3. The maximum atomic E-state index is 13.3. The van der Waals surface area contributed by atoms with Gasteiger partial charge in [0.25, 0.3) is 0 Å². The van der Waals surface area contributed by atoms with E-state index in [1.165, 1.54) is 12.5 Å². The molecular formula is C36H48N2O9. The van der Waals surface area contributed by atoms with Gasteiger partial charge in [-0.15, -0.1) is 0 Å². The van der Waals surface area contributed by atoms with Crippen LogP contribution in [-0.4, -0.2) is 66.7 Å². The summed E-state index contributed by atoms with van der Waals surface area (Å²) in [5.74, 6) is -7.67. The van der Waals surface area contributed by atoms with E-state index in [1.807, 2.05) is 6.07 Å². The highest BCUT2D eigenvalue weighted by atomic mass is 16.4. The van der Waals surface area contributed by atoms with Crippen molar-refractivity contribution in [2.45, 2.75) is 108 Å². The van der Waals surface area contributed by atoms with Crippen LogP contribution in [-0.2, 0) is 30.4 Å². The van der Waals surface area contributed by atoms with E-state index in [2.05, 4.69) is 17.2 Å². The average Bonchev–Trinajstić information content (AvgIpc) is 3.03. The van der Waals surface area contributed by atoms with Gasteiger partial charge in [-0.2, -0.15) is 0 Å². The minimum Gasteiger partial charge on any atom is -0.481 e. The van der Waals surface area contributed by atoms with Crippen LogP contribution in [0.25, 0.3) is 11.1 Å². The van der Waals surface area contributed by atoms with Gasteiger partial charge in [-0.25, -0.2) is 9.59 Å². The van der Waals surface area contributed by atoms with Crippen molar-refractivity contribution in [1.29, 1.82) is 0 Å². The summed E-state index contributed by atoms with van der Waals surface area (Å²) < 4.78 is 0. The number of carbonyl (C=O) groups excluding carboxylic acids is 2. The number of nitrogens with one attached hydrogen (secondary N) is 1. The number of Topliss-reactive ketones (excluding diaryl/α,β-unsaturated/α-hetero) is 1. The Bertz CT molecular complexity index is 1330. The molecule has 2 rings (SSSR count). The van der Waals surface area contributed by atoms with Gasteiger partial charge in [0, 0.05) is 31.7 Å². The molecule has 0 unspecified atom stereocenters. The largest absolute Gasteiger partial charge is 0.481 e. The Morgan fingerprint density at radius 3 is 2.04 bits per heavy atom. The molecule has 11 nitrogen and oxygen atoms in total. The second-order valence-corrected chi connectivity index (χ2v) is 11.9. The lowest BCUT2D eigenvalue weighted by Crippen LogP contribution is -2.55. The number of allylic oxidation sites excluding steroid dienone is 1. The number of amides is 1. The van der Waals surface area contributed by atoms with E-state index in [-0.39, 0.29) is 12.2 Å². The lowest BCUT2D eigenvalue weighted by Gasteiger charge is -2.29. The third-order valence-electron chi connectivity index (χ3n) is 8.06. The monoisotopic (exact) mass is 652 g/mol. The van der Waals surface area contributed by atoms with Gasteiger partial charge in [-0.05, 0) is 48.4 Å². The third kappa shape index (κ3) is 13.9. The van der Waals surface area contributed by atoms with Crippen LogP contribution < -0.4 is 5.32 Å². The number of hydrogen-bond donors (Lipinski definition) is 5. The van der Waals surface area contributed by atoms with E-state index < -0.39 is 47.8 Å². The van der Waals surface area contributed by atoms with Gasteiger partial charge in [-0.1, -0.05) is 87.9 Å². The fraction of sp³-hybridized carbons (Fsp3) is 0.500. The second kappa shape index (κ2) is 20.7. The third-order valence-corrected chi connectivity index (χ3v) is 8.06. The Labute approximate surface area is 276 Å². The summed E-state index contributed by atoms with van der Waals surface area (Å²) >= 11 is 0. The minimum atomic E-state index is -3.02. The Kier molecular flexibility index (Phi) is 17.1. The SMILES string of the molecule is CCCCCCCC(=O)CCCCCCC=C[C@H](C(=O)N[C@@H](Cc1ccc(-c2cccnc2)cc1)C(=O)O)[C@@](O)(CC(=O)O)C(=O)O. The number of benzene rings is 1. The predicted octanol–water partition coefficient (Wildman–Crippen LogP) is 5.59. The maximum Gasteiger partial charge on any atom is 0.337 e. The van der Waals surface area contributed by atoms with Crippen molar-refractivity contribution < 1.29 is 44.4 Å². The van der Waals surface area contributed by atoms with Gasteiger partial charge in [0.05, 0.1) is 12.3 Å². The van der Waals surface area contributed by atoms with Crippen LogP contribution in [0.4, 0.5) is 0 Å². The van der Waals surface area contributed by atoms with E-state index in [9.17, 15) is 44.4 Å². The van der Waals surface area contributed by atoms with Crippen molar-refractivity contribution in [2.24, 2.45) is 5.92 Å². The molecule has 47 heavy (non-hydrogen) atoms. The van der Waals surface area contributed by atoms with Crippen LogP contribution in [0.1, 0.15) is 96.0 Å². The van der Waals surface area contributed by atoms with Crippen molar-refractivity contribution in [3.8, 4) is 11.1 Å². The number of carboxylic acid groups (broad SMARTS) is 3. The minimum absolute atomic E-state index is 0.142. The molecular weight excluding hydrogens is 604 g/mol. The van der Waals surface area contributed by atoms with Gasteiger partial charge in [0.2, 0.25) is 5.91 Å². The smallest absolute Gasteiger partial charge is 0.337 e. The van der Waals surface area contributed by atoms with Crippen LogP contribution in [0.3, 0.4) is 0 Å². The number of rotatable bonds is 24. The summed E-state index contributed by atoms with van der Waals surface area (Å²) in [6, 6.07) is 9.13. The predicted molar refractivity (Wildman–Crippen MR) is 176 cm³/mol. The molecule has 0 saturated heterocycles. The first-order valence-corrected chi connectivity index (χ1v) is 16.4. The van der Waals surface area contributed by atoms with E-state index in [0.717, 1.165) is 62.1 Å². The summed E-state index contributed by atoms with van der Waals surface area (Å²) in [6.45, 7) is 2.15. The molecule has 11 heteroatoms. The van der Waals surface area contributed by atoms with Crippen LogP contribution in [0.5, 0.6) is 0 Å². The Morgan fingerprint density at radius 1 is 0.851 bits per heavy atom. The molecule has 1 aromatic carbocycles. The molecule has 0 bridgehead atoms. The topological polar surface area (TPSA) is 191 Å². The molecule has 0 radical (unpaired) electrons. The standard InChI is InChI=1S/C36H48N2O9/c1-2-3-4-7-10-15-29(39)16-11-8-5-6-9-12-17-30(36(47,35(45)46)24-32(40)41)33(42)38-31(34(43)44)23-26-18-20-27(21-19-26)28-14-13-22-37-25-28/h12-14,17-22,25,30-31,47H,2-11,15-16,23-24H2,1H3,(H,38,42)(H,40,41)(H,43,44)(H,45,46)/t30-,31+,36+/m1/s1. The number of carboxylic acids is 3. The number of aromatic nitrogens is 1. The van der Waals surface area contributed by atoms with E-state index >= 15 is 0 Å². The molecule has 0 aliphatic rings. The van der Waals surface area contributed by atoms with Crippen molar-refractivity contribution >= 4 is 29.6 Å². The van der Waals surface area contributed by atoms with Gasteiger partial charge in [0.1, 0.15) is 11.8 Å². The Morgan fingerprint density at radius 2 is 1.49 bits per heavy atom. The fourth-order valence-corrected chi connectivity index (χ4v) is 5.30. The van der Waals surface area contributed by atoms with Crippen LogP contribution >= 0.6 is 0 Å². The molecule has 2 aromatic rings. The van der Waals surface area contributed by atoms with Gasteiger partial charge < -0.3 is 25.7 Å². The zero-order valence-corrected chi connectivity index (χ0v) is 27.1. The number of aliphatic hydroxyl groups is 1. The first-order valence-electron chi connectivity index (χ1n) is 16.4. The van der Waals surface area contributed by atoms with E-state index in [0.29, 0.717) is 31.2 Å². The molecule has 1 amide bonds. The molecule has 3 atom stereocenters. The number of hydrogen-bond acceptors (Lipinski definition) is 7. The molecule has 0 aliphatic heterocycles. The quantitative estimate of drug-likeness (QED) is 0.0705. The molecule has 1 heterocycles. The number of ketones is 1. The summed E-state index contributed by atoms with van der Waals surface area (Å²) in [4.78, 5) is 65.1. The number of pyridine rings is 1. The van der Waals surface area contributed by atoms with Crippen molar-refractivity contribution in [3.05, 3.63) is 66.5 Å². The molecule has 1 aromatic heterocycles. The lowest BCUT2D eigenvalue weighted by molar-refractivity contribution is -0.172. The molecule has 256 valence electrons. The van der Waals surface area contributed by atoms with Crippen LogP contribution in [0.2, 0.25) is 0 Å². The number of nitrogens with zero attached hydrogens (tertiary/aromatic N) is 1. The van der Waals surface area contributed by atoms with E-state index in [1.54, 1.807) is 42.7 Å². The van der Waals surface area contributed by atoms with Gasteiger partial charge in [0.15, 0.2) is 5.60 Å². The first kappa shape index (κ1) is 38.8. The van der Waals surface area contributed by atoms with Crippen molar-refractivity contribution in [3.63, 3.8) is 0 Å². The zero-order valence-electron chi connectivity index (χ0n) is 27.1. The Balaban J connectivity index is 2.01. The zero-order chi connectivity index (χ0) is 34.7. The van der Waals surface area contributed by atoms with Gasteiger partial charge >= 0.3 is 17.9 Å². The number of unbranched alkanes of at least 4 members (excludes halogenated alkanes) is 8. The molecule has 0 saturated carbocycles. The van der Waals surface area contributed by atoms with Gasteiger partial charge in [-0.3, -0.25) is 19.4 Å². The second-order valence-electron chi connectivity index (χ2n) is 11.9. The normalized spacial score (nSPS) is 13.8. The maximum absolute atomic E-state index is 13.3. The molecule has 5 N–H and O–H groups in total. The summed E-state index contributed by atoms with van der Waals surface area (Å²) in [5, 5.41) is 42.1. The molecule has 0 spiro atoms. The highest BCUT2D eigenvalue weighted by molar-refractivity contribution is 5.94. The highest BCUT2D eigenvalue weighted by Gasteiger charge is 2.49. The fourth-order valence-electron chi connectivity index (χ4n) is 5.30. The van der Waals surface area contributed by atoms with E-state index in [4.69, 9.17) is 0 Å². The number of carbonyl (C=O) groups is 5. The van der Waals surface area contributed by atoms with Crippen LogP contribution in [0, 0.1) is 5.92 Å². The summed E-state index contributed by atoms with van der Waals surface area (Å²) in [7, 11) is 0. The first-order chi connectivity index (χ1) is 22.5. The average molecular weight is 653 g/mol. The summed E-state index contributed by atoms with van der Waals surface area (Å²) in [6.07, 6.45) is 14.6. The van der Waals surface area contributed by atoms with Crippen molar-refractivity contribution in [1.82, 2.24) is 10.3 Å². The molecule has 0 fully saturated rings. The highest BCUT2D eigenvalue weighted by Crippen LogP contribution is 2.26. The molecule has 0 aliphatic carbocycles. The van der Waals surface area contributed by atoms with Crippen LogP contribution in [0.15, 0.2) is 60.9 Å². The Hall–Kier alpha value is -4.38. The van der Waals surface area contributed by atoms with Crippen molar-refractivity contribution in [2.75, 3.05) is 0 Å². The summed E-state index contributed by atoms with van der Waals surface area (Å²) in [5.41, 5.74) is -0.728.